The molecule has 0 saturated heterocycles. The number of rotatable bonds is 5. The van der Waals surface area contributed by atoms with Gasteiger partial charge < -0.3 is 5.32 Å². The third-order valence-electron chi connectivity index (χ3n) is 4.07. The van der Waals surface area contributed by atoms with Gasteiger partial charge in [0.1, 0.15) is 5.82 Å². The van der Waals surface area contributed by atoms with Crippen LogP contribution < -0.4 is 5.32 Å². The molecule has 5 nitrogen and oxygen atoms in total. The van der Waals surface area contributed by atoms with Gasteiger partial charge in [-0.15, -0.1) is 11.3 Å². The SMILES string of the molecule is O=C(NCCc1ccccc1F)c1nc2sccn2c1-c1ccncc1. The zero-order chi connectivity index (χ0) is 17.9. The lowest BCUT2D eigenvalue weighted by atomic mass is 10.1. The smallest absolute Gasteiger partial charge is 0.272 e. The first-order valence-corrected chi connectivity index (χ1v) is 8.99. The second kappa shape index (κ2) is 7.05. The van der Waals surface area contributed by atoms with Crippen LogP contribution in [0.15, 0.2) is 60.4 Å². The van der Waals surface area contributed by atoms with Crippen molar-refractivity contribution in [2.24, 2.45) is 0 Å². The molecule has 0 aliphatic rings. The number of thiazole rings is 1. The van der Waals surface area contributed by atoms with Gasteiger partial charge in [0.05, 0.1) is 5.69 Å². The molecule has 0 saturated carbocycles. The molecule has 0 atom stereocenters. The summed E-state index contributed by atoms with van der Waals surface area (Å²) in [6.07, 6.45) is 5.67. The van der Waals surface area contributed by atoms with Crippen molar-refractivity contribution in [3.05, 3.63) is 77.4 Å². The number of carbonyl (C=O) groups excluding carboxylic acids is 1. The van der Waals surface area contributed by atoms with Gasteiger partial charge in [-0.3, -0.25) is 14.2 Å². The van der Waals surface area contributed by atoms with E-state index in [0.717, 1.165) is 16.2 Å². The van der Waals surface area contributed by atoms with Crippen molar-refractivity contribution in [3.63, 3.8) is 0 Å². The summed E-state index contributed by atoms with van der Waals surface area (Å²) in [6.45, 7) is 0.334. The average molecular weight is 366 g/mol. The molecule has 0 aliphatic heterocycles. The van der Waals surface area contributed by atoms with Crippen molar-refractivity contribution in [2.45, 2.75) is 6.42 Å². The standard InChI is InChI=1S/C19H15FN4OS/c20-15-4-2-1-3-13(15)7-10-22-18(25)16-17(14-5-8-21-9-6-14)24-11-12-26-19(24)23-16/h1-6,8-9,11-12H,7,10H2,(H,22,25). The summed E-state index contributed by atoms with van der Waals surface area (Å²) in [4.78, 5) is 21.9. The number of amides is 1. The van der Waals surface area contributed by atoms with E-state index in [4.69, 9.17) is 0 Å². The van der Waals surface area contributed by atoms with Gasteiger partial charge in [0.25, 0.3) is 5.91 Å². The quantitative estimate of drug-likeness (QED) is 0.587. The number of nitrogens with zero attached hydrogens (tertiary/aromatic N) is 3. The zero-order valence-corrected chi connectivity index (χ0v) is 14.5. The van der Waals surface area contributed by atoms with Crippen LogP contribution in [0.2, 0.25) is 0 Å². The van der Waals surface area contributed by atoms with E-state index in [1.165, 1.54) is 17.4 Å². The summed E-state index contributed by atoms with van der Waals surface area (Å²) in [5.74, 6) is -0.536. The lowest BCUT2D eigenvalue weighted by molar-refractivity contribution is 0.0950. The van der Waals surface area contributed by atoms with Crippen molar-refractivity contribution < 1.29 is 9.18 Å². The molecule has 4 aromatic rings. The van der Waals surface area contributed by atoms with Crippen LogP contribution in [-0.2, 0) is 6.42 Å². The molecule has 7 heteroatoms. The number of hydrogen-bond acceptors (Lipinski definition) is 4. The van der Waals surface area contributed by atoms with Crippen LogP contribution in [-0.4, -0.2) is 26.8 Å². The maximum Gasteiger partial charge on any atom is 0.272 e. The van der Waals surface area contributed by atoms with Gasteiger partial charge in [-0.2, -0.15) is 0 Å². The Bertz CT molecular complexity index is 1060. The second-order valence-electron chi connectivity index (χ2n) is 5.70. The predicted molar refractivity (Wildman–Crippen MR) is 98.7 cm³/mol. The molecule has 3 heterocycles. The van der Waals surface area contributed by atoms with Crippen molar-refractivity contribution in [1.82, 2.24) is 19.7 Å². The van der Waals surface area contributed by atoms with E-state index < -0.39 is 0 Å². The maximum absolute atomic E-state index is 13.7. The molecule has 1 amide bonds. The Morgan fingerprint density at radius 3 is 2.81 bits per heavy atom. The molecule has 0 bridgehead atoms. The van der Waals surface area contributed by atoms with E-state index in [1.807, 2.05) is 28.1 Å². The Morgan fingerprint density at radius 2 is 2.00 bits per heavy atom. The lowest BCUT2D eigenvalue weighted by Gasteiger charge is -2.07. The van der Waals surface area contributed by atoms with Gasteiger partial charge >= 0.3 is 0 Å². The van der Waals surface area contributed by atoms with E-state index in [9.17, 15) is 9.18 Å². The number of imidazole rings is 1. The summed E-state index contributed by atoms with van der Waals surface area (Å²) in [5, 5.41) is 4.77. The van der Waals surface area contributed by atoms with Gasteiger partial charge in [0.2, 0.25) is 0 Å². The van der Waals surface area contributed by atoms with Crippen LogP contribution in [0, 0.1) is 5.82 Å². The largest absolute Gasteiger partial charge is 0.350 e. The molecule has 0 spiro atoms. The molecule has 3 aromatic heterocycles. The number of halogens is 1. The van der Waals surface area contributed by atoms with Crippen LogP contribution in [0.5, 0.6) is 0 Å². The number of hydrogen-bond donors (Lipinski definition) is 1. The first kappa shape index (κ1) is 16.4. The Balaban J connectivity index is 1.57. The van der Waals surface area contributed by atoms with Gasteiger partial charge in [-0.05, 0) is 30.2 Å². The highest BCUT2D eigenvalue weighted by molar-refractivity contribution is 7.15. The molecular weight excluding hydrogens is 351 g/mol. The third-order valence-corrected chi connectivity index (χ3v) is 4.83. The second-order valence-corrected chi connectivity index (χ2v) is 6.57. The van der Waals surface area contributed by atoms with E-state index in [1.54, 1.807) is 30.6 Å². The Morgan fingerprint density at radius 1 is 1.19 bits per heavy atom. The van der Waals surface area contributed by atoms with Crippen LogP contribution in [0.3, 0.4) is 0 Å². The fourth-order valence-electron chi connectivity index (χ4n) is 2.83. The van der Waals surface area contributed by atoms with Gasteiger partial charge in [-0.25, -0.2) is 9.37 Å². The summed E-state index contributed by atoms with van der Waals surface area (Å²) >= 11 is 1.46. The highest BCUT2D eigenvalue weighted by Gasteiger charge is 2.20. The monoisotopic (exact) mass is 366 g/mol. The predicted octanol–water partition coefficient (Wildman–Crippen LogP) is 3.57. The minimum atomic E-state index is -0.274. The maximum atomic E-state index is 13.7. The van der Waals surface area contributed by atoms with Crippen molar-refractivity contribution in [3.8, 4) is 11.3 Å². The molecule has 0 fully saturated rings. The summed E-state index contributed by atoms with van der Waals surface area (Å²) in [7, 11) is 0. The summed E-state index contributed by atoms with van der Waals surface area (Å²) < 4.78 is 15.6. The number of fused-ring (bicyclic) bond motifs is 1. The Hall–Kier alpha value is -3.06. The minimum absolute atomic E-state index is 0.262. The van der Waals surface area contributed by atoms with Gasteiger partial charge in [-0.1, -0.05) is 18.2 Å². The summed E-state index contributed by atoms with van der Waals surface area (Å²) in [6, 6.07) is 10.3. The van der Waals surface area contributed by atoms with E-state index >= 15 is 0 Å². The van der Waals surface area contributed by atoms with Gasteiger partial charge in [0.15, 0.2) is 10.7 Å². The average Bonchev–Trinajstić information content (AvgIpc) is 3.25. The molecular formula is C19H15FN4OS. The minimum Gasteiger partial charge on any atom is -0.350 e. The van der Waals surface area contributed by atoms with Crippen LogP contribution in [0.4, 0.5) is 4.39 Å². The molecule has 1 N–H and O–H groups in total. The van der Waals surface area contributed by atoms with Crippen molar-refractivity contribution >= 4 is 22.2 Å². The molecule has 26 heavy (non-hydrogen) atoms. The molecule has 130 valence electrons. The molecule has 4 rings (SSSR count). The first-order valence-electron chi connectivity index (χ1n) is 8.11. The Kier molecular flexibility index (Phi) is 4.45. The molecule has 0 unspecified atom stereocenters. The van der Waals surface area contributed by atoms with Crippen molar-refractivity contribution in [2.75, 3.05) is 6.54 Å². The van der Waals surface area contributed by atoms with E-state index in [2.05, 4.69) is 15.3 Å². The lowest BCUT2D eigenvalue weighted by Crippen LogP contribution is -2.26. The number of nitrogens with one attached hydrogen (secondary N) is 1. The fourth-order valence-corrected chi connectivity index (χ4v) is 3.54. The van der Waals surface area contributed by atoms with E-state index in [-0.39, 0.29) is 11.7 Å². The fraction of sp³-hybridized carbons (Fsp3) is 0.105. The van der Waals surface area contributed by atoms with Crippen LogP contribution in [0.1, 0.15) is 16.1 Å². The molecule has 1 aromatic carbocycles. The Labute approximate surface area is 153 Å². The first-order chi connectivity index (χ1) is 12.7. The summed E-state index contributed by atoms with van der Waals surface area (Å²) in [5.41, 5.74) is 2.53. The zero-order valence-electron chi connectivity index (χ0n) is 13.7. The van der Waals surface area contributed by atoms with E-state index in [0.29, 0.717) is 24.2 Å². The number of aromatic nitrogens is 3. The topological polar surface area (TPSA) is 59.3 Å². The highest BCUT2D eigenvalue weighted by atomic mass is 32.1. The van der Waals surface area contributed by atoms with Crippen LogP contribution in [0.25, 0.3) is 16.2 Å². The van der Waals surface area contributed by atoms with Crippen LogP contribution >= 0.6 is 11.3 Å². The molecule has 0 aliphatic carbocycles. The number of carbonyl (C=O) groups is 1. The van der Waals surface area contributed by atoms with Crippen molar-refractivity contribution in [1.29, 1.82) is 0 Å². The highest BCUT2D eigenvalue weighted by Crippen LogP contribution is 2.27. The normalized spacial score (nSPS) is 11.0. The number of pyridine rings is 1. The molecule has 0 radical (unpaired) electrons. The van der Waals surface area contributed by atoms with Gasteiger partial charge in [0, 0.05) is 36.1 Å². The number of benzene rings is 1. The third kappa shape index (κ3) is 3.09.